The lowest BCUT2D eigenvalue weighted by Crippen LogP contribution is -2.13. The number of aromatic nitrogens is 1. The van der Waals surface area contributed by atoms with E-state index in [4.69, 9.17) is 16.7 Å². The van der Waals surface area contributed by atoms with Crippen LogP contribution in [0.1, 0.15) is 18.5 Å². The van der Waals surface area contributed by atoms with Crippen molar-refractivity contribution in [3.8, 4) is 0 Å². The van der Waals surface area contributed by atoms with Gasteiger partial charge in [-0.1, -0.05) is 23.7 Å². The molecule has 3 N–H and O–H groups in total. The van der Waals surface area contributed by atoms with Gasteiger partial charge in [-0.3, -0.25) is 0 Å². The van der Waals surface area contributed by atoms with E-state index in [1.54, 1.807) is 18.3 Å². The number of nitrogens with one attached hydrogen (secondary N) is 1. The van der Waals surface area contributed by atoms with Crippen molar-refractivity contribution in [2.75, 3.05) is 5.32 Å². The Bertz CT molecular complexity index is 751. The van der Waals surface area contributed by atoms with E-state index >= 15 is 0 Å². The Hall–Kier alpha value is -1.15. The van der Waals surface area contributed by atoms with Crippen LogP contribution >= 0.6 is 27.5 Å². The summed E-state index contributed by atoms with van der Waals surface area (Å²) in [5.41, 5.74) is 1.59. The molecule has 0 aliphatic rings. The summed E-state index contributed by atoms with van der Waals surface area (Å²) in [7, 11) is -3.67. The Labute approximate surface area is 136 Å². The Morgan fingerprint density at radius 1 is 1.33 bits per heavy atom. The largest absolute Gasteiger partial charge is 0.376 e. The molecule has 5 nitrogen and oxygen atoms in total. The first-order valence-electron chi connectivity index (χ1n) is 5.98. The predicted molar refractivity (Wildman–Crippen MR) is 86.8 cm³/mol. The van der Waals surface area contributed by atoms with Gasteiger partial charge in [0.05, 0.1) is 10.6 Å². The molecule has 112 valence electrons. The summed E-state index contributed by atoms with van der Waals surface area (Å²) in [5.74, 6) is 0. The Morgan fingerprint density at radius 3 is 2.52 bits per heavy atom. The summed E-state index contributed by atoms with van der Waals surface area (Å²) >= 11 is 9.35. The van der Waals surface area contributed by atoms with Crippen molar-refractivity contribution < 1.29 is 8.42 Å². The molecular formula is C13H13BrClN3O2S. The molecule has 0 bridgehead atoms. The molecule has 0 saturated heterocycles. The van der Waals surface area contributed by atoms with E-state index in [0.717, 1.165) is 10.0 Å². The van der Waals surface area contributed by atoms with Crippen LogP contribution in [-0.2, 0) is 10.0 Å². The van der Waals surface area contributed by atoms with E-state index in [2.05, 4.69) is 26.2 Å². The van der Waals surface area contributed by atoms with E-state index in [9.17, 15) is 8.42 Å². The molecule has 0 radical (unpaired) electrons. The lowest BCUT2D eigenvalue weighted by Gasteiger charge is -2.16. The molecule has 0 spiro atoms. The molecule has 0 aliphatic heterocycles. The lowest BCUT2D eigenvalue weighted by molar-refractivity contribution is 0.597. The third-order valence-corrected chi connectivity index (χ3v) is 4.55. The fraction of sp³-hybridized carbons (Fsp3) is 0.154. The summed E-state index contributed by atoms with van der Waals surface area (Å²) in [6.07, 6.45) is 1.61. The topological polar surface area (TPSA) is 85.1 Å². The second-order valence-electron chi connectivity index (χ2n) is 4.47. The third-order valence-electron chi connectivity index (χ3n) is 2.89. The number of hydrogen-bond donors (Lipinski definition) is 2. The van der Waals surface area contributed by atoms with Crippen molar-refractivity contribution in [1.29, 1.82) is 0 Å². The predicted octanol–water partition coefficient (Wildman–Crippen LogP) is 3.32. The quantitative estimate of drug-likeness (QED) is 0.784. The first-order chi connectivity index (χ1) is 9.77. The average Bonchev–Trinajstić information content (AvgIpc) is 2.42. The van der Waals surface area contributed by atoms with Gasteiger partial charge in [-0.2, -0.15) is 0 Å². The average molecular weight is 391 g/mol. The molecular weight excluding hydrogens is 378 g/mol. The van der Waals surface area contributed by atoms with Crippen molar-refractivity contribution in [3.63, 3.8) is 0 Å². The van der Waals surface area contributed by atoms with Gasteiger partial charge in [0.15, 0.2) is 5.15 Å². The Morgan fingerprint density at radius 2 is 1.95 bits per heavy atom. The zero-order chi connectivity index (χ0) is 15.6. The summed E-state index contributed by atoms with van der Waals surface area (Å²) in [6, 6.07) is 8.11. The van der Waals surface area contributed by atoms with E-state index < -0.39 is 10.0 Å². The van der Waals surface area contributed by atoms with Crippen LogP contribution in [0.5, 0.6) is 0 Å². The minimum atomic E-state index is -3.67. The van der Waals surface area contributed by atoms with Gasteiger partial charge in [0, 0.05) is 16.7 Å². The van der Waals surface area contributed by atoms with Crippen LogP contribution in [0.2, 0.25) is 5.15 Å². The molecule has 21 heavy (non-hydrogen) atoms. The highest BCUT2D eigenvalue weighted by atomic mass is 79.9. The number of halogens is 2. The highest BCUT2D eigenvalue weighted by molar-refractivity contribution is 9.10. The maximum atomic E-state index is 11.2. The third kappa shape index (κ3) is 4.16. The Balaban J connectivity index is 2.20. The first kappa shape index (κ1) is 16.2. The van der Waals surface area contributed by atoms with Crippen LogP contribution < -0.4 is 10.5 Å². The number of hydrogen-bond acceptors (Lipinski definition) is 4. The smallest absolute Gasteiger partial charge is 0.238 e. The number of nitrogens with zero attached hydrogens (tertiary/aromatic N) is 1. The lowest BCUT2D eigenvalue weighted by atomic mass is 10.1. The molecule has 2 aromatic rings. The van der Waals surface area contributed by atoms with Gasteiger partial charge in [-0.15, -0.1) is 0 Å². The number of anilines is 1. The van der Waals surface area contributed by atoms with Gasteiger partial charge in [-0.05, 0) is 46.6 Å². The summed E-state index contributed by atoms with van der Waals surface area (Å²) in [4.78, 5) is 4.12. The summed E-state index contributed by atoms with van der Waals surface area (Å²) < 4.78 is 23.2. The van der Waals surface area contributed by atoms with Crippen molar-refractivity contribution in [2.24, 2.45) is 5.14 Å². The normalized spacial score (nSPS) is 13.0. The molecule has 0 saturated carbocycles. The monoisotopic (exact) mass is 389 g/mol. The minimum absolute atomic E-state index is 0.0758. The molecule has 1 aromatic carbocycles. The van der Waals surface area contributed by atoms with Gasteiger partial charge in [0.25, 0.3) is 0 Å². The highest BCUT2D eigenvalue weighted by Gasteiger charge is 2.11. The number of benzene rings is 1. The number of rotatable bonds is 4. The zero-order valence-electron chi connectivity index (χ0n) is 11.0. The summed E-state index contributed by atoms with van der Waals surface area (Å²) in [5, 5.41) is 8.66. The van der Waals surface area contributed by atoms with Crippen molar-refractivity contribution in [1.82, 2.24) is 4.98 Å². The van der Waals surface area contributed by atoms with Gasteiger partial charge in [0.2, 0.25) is 10.0 Å². The molecule has 1 atom stereocenters. The van der Waals surface area contributed by atoms with E-state index in [0.29, 0.717) is 10.8 Å². The molecule has 0 amide bonds. The van der Waals surface area contributed by atoms with Gasteiger partial charge >= 0.3 is 0 Å². The van der Waals surface area contributed by atoms with Crippen LogP contribution in [0, 0.1) is 0 Å². The van der Waals surface area contributed by atoms with E-state index in [1.807, 2.05) is 13.0 Å². The molecule has 1 aromatic heterocycles. The Kier molecular flexibility index (Phi) is 4.88. The molecule has 1 unspecified atom stereocenters. The van der Waals surface area contributed by atoms with Crippen LogP contribution in [0.15, 0.2) is 45.9 Å². The van der Waals surface area contributed by atoms with Crippen molar-refractivity contribution >= 4 is 43.2 Å². The van der Waals surface area contributed by atoms with Crippen LogP contribution in [0.4, 0.5) is 5.69 Å². The zero-order valence-corrected chi connectivity index (χ0v) is 14.2. The highest BCUT2D eigenvalue weighted by Crippen LogP contribution is 2.27. The first-order valence-corrected chi connectivity index (χ1v) is 8.69. The molecule has 2 rings (SSSR count). The number of primary sulfonamides is 1. The van der Waals surface area contributed by atoms with Gasteiger partial charge < -0.3 is 5.32 Å². The number of nitrogens with two attached hydrogens (primary N) is 1. The SMILES string of the molecule is CC(Nc1cc(Br)cnc1Cl)c1ccc(S(N)(=O)=O)cc1. The summed E-state index contributed by atoms with van der Waals surface area (Å²) in [6.45, 7) is 1.93. The molecule has 0 aliphatic carbocycles. The number of sulfonamides is 1. The molecule has 0 fully saturated rings. The minimum Gasteiger partial charge on any atom is -0.376 e. The number of pyridine rings is 1. The van der Waals surface area contributed by atoms with Crippen LogP contribution in [0.25, 0.3) is 0 Å². The van der Waals surface area contributed by atoms with E-state index in [1.165, 1.54) is 12.1 Å². The maximum Gasteiger partial charge on any atom is 0.238 e. The fourth-order valence-corrected chi connectivity index (χ4v) is 2.79. The standard InChI is InChI=1S/C13H13BrClN3O2S/c1-8(18-12-6-10(14)7-17-13(12)15)9-2-4-11(5-3-9)21(16,19)20/h2-8,18H,1H3,(H2,16,19,20). The van der Waals surface area contributed by atoms with Crippen molar-refractivity contribution in [2.45, 2.75) is 17.9 Å². The molecule has 1 heterocycles. The fourth-order valence-electron chi connectivity index (χ4n) is 1.79. The van der Waals surface area contributed by atoms with Gasteiger partial charge in [-0.25, -0.2) is 18.5 Å². The van der Waals surface area contributed by atoms with E-state index in [-0.39, 0.29) is 10.9 Å². The second kappa shape index (κ2) is 6.31. The molecule has 8 heteroatoms. The van der Waals surface area contributed by atoms with Crippen LogP contribution in [-0.4, -0.2) is 13.4 Å². The van der Waals surface area contributed by atoms with Crippen LogP contribution in [0.3, 0.4) is 0 Å². The van der Waals surface area contributed by atoms with Gasteiger partial charge in [0.1, 0.15) is 0 Å². The van der Waals surface area contributed by atoms with Crippen molar-refractivity contribution in [3.05, 3.63) is 51.7 Å². The maximum absolute atomic E-state index is 11.2. The second-order valence-corrected chi connectivity index (χ2v) is 7.31.